The summed E-state index contributed by atoms with van der Waals surface area (Å²) in [5.41, 5.74) is 1.80. The normalized spacial score (nSPS) is 10.5. The Labute approximate surface area is 101 Å². The van der Waals surface area contributed by atoms with E-state index in [1.54, 1.807) is 0 Å². The first-order valence-corrected chi connectivity index (χ1v) is 5.97. The molecule has 17 heavy (non-hydrogen) atoms. The summed E-state index contributed by atoms with van der Waals surface area (Å²) in [6.07, 6.45) is 1.72. The van der Waals surface area contributed by atoms with E-state index in [2.05, 4.69) is 6.92 Å². The van der Waals surface area contributed by atoms with Gasteiger partial charge in [0.2, 0.25) is 5.78 Å². The third-order valence-corrected chi connectivity index (χ3v) is 2.86. The Morgan fingerprint density at radius 2 is 1.82 bits per heavy atom. The minimum atomic E-state index is -0.0417. The van der Waals surface area contributed by atoms with Gasteiger partial charge in [0.25, 0.3) is 0 Å². The van der Waals surface area contributed by atoms with E-state index in [0.717, 1.165) is 24.2 Å². The third kappa shape index (κ3) is 2.31. The van der Waals surface area contributed by atoms with E-state index in [4.69, 9.17) is 4.42 Å². The van der Waals surface area contributed by atoms with Gasteiger partial charge in [-0.05, 0) is 18.1 Å². The van der Waals surface area contributed by atoms with Gasteiger partial charge < -0.3 is 4.42 Å². The summed E-state index contributed by atoms with van der Waals surface area (Å²) < 4.78 is 5.62. The first kappa shape index (κ1) is 11.6. The maximum absolute atomic E-state index is 12.1. The van der Waals surface area contributed by atoms with E-state index in [-0.39, 0.29) is 5.78 Å². The molecular formula is C15H16O2. The predicted molar refractivity (Wildman–Crippen MR) is 67.3 cm³/mol. The van der Waals surface area contributed by atoms with E-state index in [0.29, 0.717) is 11.3 Å². The average Bonchev–Trinajstić information content (AvgIpc) is 2.82. The Bertz CT molecular complexity index is 487. The molecule has 2 rings (SSSR count). The van der Waals surface area contributed by atoms with Crippen molar-refractivity contribution in [2.24, 2.45) is 0 Å². The molecule has 2 aromatic rings. The molecule has 0 bridgehead atoms. The van der Waals surface area contributed by atoms with E-state index in [1.807, 2.05) is 43.3 Å². The van der Waals surface area contributed by atoms with Crippen LogP contribution >= 0.6 is 0 Å². The van der Waals surface area contributed by atoms with Crippen LogP contribution in [0.5, 0.6) is 0 Å². The number of hydrogen-bond acceptors (Lipinski definition) is 2. The molecule has 0 amide bonds. The van der Waals surface area contributed by atoms with Gasteiger partial charge in [0.05, 0.1) is 0 Å². The number of hydrogen-bond donors (Lipinski definition) is 0. The van der Waals surface area contributed by atoms with Crippen LogP contribution in [-0.4, -0.2) is 5.78 Å². The molecule has 0 fully saturated rings. The molecule has 0 aliphatic heterocycles. The fourth-order valence-electron chi connectivity index (χ4n) is 1.91. The maximum atomic E-state index is 12.1. The van der Waals surface area contributed by atoms with Crippen molar-refractivity contribution in [1.82, 2.24) is 0 Å². The fourth-order valence-corrected chi connectivity index (χ4v) is 1.91. The molecular weight excluding hydrogens is 212 g/mol. The van der Waals surface area contributed by atoms with Gasteiger partial charge in [0.15, 0.2) is 5.76 Å². The fraction of sp³-hybridized carbons (Fsp3) is 0.267. The number of benzene rings is 1. The topological polar surface area (TPSA) is 30.2 Å². The number of aryl methyl sites for hydroxylation is 2. The number of furan rings is 1. The van der Waals surface area contributed by atoms with Crippen molar-refractivity contribution < 1.29 is 9.21 Å². The van der Waals surface area contributed by atoms with E-state index < -0.39 is 0 Å². The molecule has 0 saturated heterocycles. The third-order valence-electron chi connectivity index (χ3n) is 2.86. The Kier molecular flexibility index (Phi) is 3.43. The van der Waals surface area contributed by atoms with E-state index in [9.17, 15) is 4.79 Å². The number of rotatable bonds is 4. The monoisotopic (exact) mass is 228 g/mol. The molecule has 0 saturated carbocycles. The summed E-state index contributed by atoms with van der Waals surface area (Å²) in [4.78, 5) is 12.1. The molecule has 0 N–H and O–H groups in total. The Balaban J connectivity index is 2.35. The summed E-state index contributed by atoms with van der Waals surface area (Å²) in [7, 11) is 0. The number of ketones is 1. The number of carbonyl (C=O) groups is 1. The molecule has 2 nitrogen and oxygen atoms in total. The SMILES string of the molecule is CCc1cc(C(=O)c2ccccc2)oc1CC. The standard InChI is InChI=1S/C15H16O2/c1-3-11-10-14(17-13(11)4-2)15(16)12-8-6-5-7-9-12/h5-10H,3-4H2,1-2H3. The van der Waals surface area contributed by atoms with Crippen LogP contribution in [0.2, 0.25) is 0 Å². The van der Waals surface area contributed by atoms with E-state index >= 15 is 0 Å². The van der Waals surface area contributed by atoms with Gasteiger partial charge in [-0.1, -0.05) is 44.2 Å². The lowest BCUT2D eigenvalue weighted by Gasteiger charge is -1.96. The van der Waals surface area contributed by atoms with E-state index in [1.165, 1.54) is 0 Å². The Morgan fingerprint density at radius 1 is 1.12 bits per heavy atom. The van der Waals surface area contributed by atoms with Gasteiger partial charge in [0.1, 0.15) is 5.76 Å². The highest BCUT2D eigenvalue weighted by molar-refractivity contribution is 6.07. The lowest BCUT2D eigenvalue weighted by atomic mass is 10.1. The van der Waals surface area contributed by atoms with Crippen molar-refractivity contribution in [1.29, 1.82) is 0 Å². The summed E-state index contributed by atoms with van der Waals surface area (Å²) in [6, 6.07) is 11.1. The molecule has 1 aromatic carbocycles. The summed E-state index contributed by atoms with van der Waals surface area (Å²) in [5.74, 6) is 1.33. The molecule has 0 radical (unpaired) electrons. The average molecular weight is 228 g/mol. The lowest BCUT2D eigenvalue weighted by molar-refractivity contribution is 0.101. The highest BCUT2D eigenvalue weighted by Gasteiger charge is 2.16. The van der Waals surface area contributed by atoms with Crippen LogP contribution < -0.4 is 0 Å². The summed E-state index contributed by atoms with van der Waals surface area (Å²) >= 11 is 0. The van der Waals surface area contributed by atoms with Gasteiger partial charge in [-0.3, -0.25) is 4.79 Å². The smallest absolute Gasteiger partial charge is 0.228 e. The van der Waals surface area contributed by atoms with Crippen molar-refractivity contribution in [2.45, 2.75) is 26.7 Å². The van der Waals surface area contributed by atoms with Crippen LogP contribution in [0, 0.1) is 0 Å². The zero-order chi connectivity index (χ0) is 12.3. The predicted octanol–water partition coefficient (Wildman–Crippen LogP) is 3.64. The van der Waals surface area contributed by atoms with Crippen molar-refractivity contribution >= 4 is 5.78 Å². The van der Waals surface area contributed by atoms with Gasteiger partial charge in [-0.15, -0.1) is 0 Å². The van der Waals surface area contributed by atoms with Gasteiger partial charge >= 0.3 is 0 Å². The molecule has 0 aliphatic carbocycles. The molecule has 2 heteroatoms. The van der Waals surface area contributed by atoms with Crippen LogP contribution in [0.4, 0.5) is 0 Å². The summed E-state index contributed by atoms with van der Waals surface area (Å²) in [6.45, 7) is 4.11. The van der Waals surface area contributed by atoms with Gasteiger partial charge in [-0.25, -0.2) is 0 Å². The second-order valence-corrected chi connectivity index (χ2v) is 3.96. The Morgan fingerprint density at radius 3 is 2.35 bits per heavy atom. The largest absolute Gasteiger partial charge is 0.457 e. The minimum Gasteiger partial charge on any atom is -0.457 e. The van der Waals surface area contributed by atoms with Crippen LogP contribution in [0.25, 0.3) is 0 Å². The first-order chi connectivity index (χ1) is 8.26. The molecule has 1 aromatic heterocycles. The first-order valence-electron chi connectivity index (χ1n) is 5.97. The van der Waals surface area contributed by atoms with Crippen LogP contribution in [0.3, 0.4) is 0 Å². The summed E-state index contributed by atoms with van der Waals surface area (Å²) in [5, 5.41) is 0. The highest BCUT2D eigenvalue weighted by atomic mass is 16.3. The second kappa shape index (κ2) is 5.00. The van der Waals surface area contributed by atoms with Gasteiger partial charge in [0, 0.05) is 12.0 Å². The lowest BCUT2D eigenvalue weighted by Crippen LogP contribution is -1.98. The van der Waals surface area contributed by atoms with Crippen LogP contribution in [0.1, 0.15) is 41.3 Å². The minimum absolute atomic E-state index is 0.0417. The quantitative estimate of drug-likeness (QED) is 0.748. The molecule has 88 valence electrons. The number of carbonyl (C=O) groups excluding carboxylic acids is 1. The molecule has 0 atom stereocenters. The zero-order valence-electron chi connectivity index (χ0n) is 10.2. The zero-order valence-corrected chi connectivity index (χ0v) is 10.2. The van der Waals surface area contributed by atoms with Crippen molar-refractivity contribution in [2.75, 3.05) is 0 Å². The van der Waals surface area contributed by atoms with Crippen LogP contribution in [-0.2, 0) is 12.8 Å². The highest BCUT2D eigenvalue weighted by Crippen LogP contribution is 2.19. The van der Waals surface area contributed by atoms with Gasteiger partial charge in [-0.2, -0.15) is 0 Å². The second-order valence-electron chi connectivity index (χ2n) is 3.96. The molecule has 0 aliphatic rings. The van der Waals surface area contributed by atoms with Crippen LogP contribution in [0.15, 0.2) is 40.8 Å². The van der Waals surface area contributed by atoms with Crippen molar-refractivity contribution in [3.05, 3.63) is 59.0 Å². The molecule has 1 heterocycles. The Hall–Kier alpha value is -1.83. The molecule has 0 unspecified atom stereocenters. The van der Waals surface area contributed by atoms with Crippen molar-refractivity contribution in [3.8, 4) is 0 Å². The molecule has 0 spiro atoms. The van der Waals surface area contributed by atoms with Crippen molar-refractivity contribution in [3.63, 3.8) is 0 Å². The maximum Gasteiger partial charge on any atom is 0.228 e.